The SMILES string of the molecule is C[C@@H]1CC[C@@H]2[C@@H](C1)OCC2(C)O. The van der Waals surface area contributed by atoms with Crippen LogP contribution in [0.1, 0.15) is 33.1 Å². The minimum Gasteiger partial charge on any atom is -0.387 e. The summed E-state index contributed by atoms with van der Waals surface area (Å²) in [6, 6.07) is 0. The first-order valence-corrected chi connectivity index (χ1v) is 4.93. The molecule has 0 aromatic carbocycles. The van der Waals surface area contributed by atoms with Crippen LogP contribution in [0.4, 0.5) is 0 Å². The van der Waals surface area contributed by atoms with E-state index in [1.165, 1.54) is 6.42 Å². The standard InChI is InChI=1S/C10H18O2/c1-7-3-4-8-9(5-7)12-6-10(8,2)11/h7-9,11H,3-6H2,1-2H3/t7-,8-,9-,10?/m1/s1. The third kappa shape index (κ3) is 1.27. The van der Waals surface area contributed by atoms with Gasteiger partial charge in [-0.3, -0.25) is 0 Å². The smallest absolute Gasteiger partial charge is 0.0904 e. The highest BCUT2D eigenvalue weighted by Gasteiger charge is 2.46. The largest absolute Gasteiger partial charge is 0.387 e. The molecule has 1 unspecified atom stereocenters. The minimum absolute atomic E-state index is 0.337. The van der Waals surface area contributed by atoms with Crippen molar-refractivity contribution in [2.75, 3.05) is 6.61 Å². The second kappa shape index (κ2) is 2.71. The molecule has 4 atom stereocenters. The van der Waals surface area contributed by atoms with E-state index in [0.29, 0.717) is 18.6 Å². The molecule has 0 spiro atoms. The quantitative estimate of drug-likeness (QED) is 0.598. The lowest BCUT2D eigenvalue weighted by atomic mass is 9.75. The fourth-order valence-electron chi connectivity index (χ4n) is 2.61. The van der Waals surface area contributed by atoms with Gasteiger partial charge in [-0.1, -0.05) is 13.3 Å². The number of fused-ring (bicyclic) bond motifs is 1. The van der Waals surface area contributed by atoms with E-state index in [0.717, 1.165) is 18.8 Å². The van der Waals surface area contributed by atoms with Crippen molar-refractivity contribution in [2.45, 2.75) is 44.8 Å². The maximum absolute atomic E-state index is 9.95. The Morgan fingerprint density at radius 3 is 2.92 bits per heavy atom. The lowest BCUT2D eigenvalue weighted by Crippen LogP contribution is -2.38. The van der Waals surface area contributed by atoms with E-state index in [9.17, 15) is 5.11 Å². The van der Waals surface area contributed by atoms with Gasteiger partial charge in [0, 0.05) is 5.92 Å². The number of hydrogen-bond donors (Lipinski definition) is 1. The highest BCUT2D eigenvalue weighted by atomic mass is 16.5. The molecule has 2 fully saturated rings. The van der Waals surface area contributed by atoms with Crippen LogP contribution in [-0.2, 0) is 4.74 Å². The Labute approximate surface area is 73.9 Å². The molecule has 0 bridgehead atoms. The average Bonchev–Trinajstić information content (AvgIpc) is 2.27. The van der Waals surface area contributed by atoms with Crippen LogP contribution in [0.25, 0.3) is 0 Å². The van der Waals surface area contributed by atoms with Crippen LogP contribution in [0.5, 0.6) is 0 Å². The maximum atomic E-state index is 9.95. The minimum atomic E-state index is -0.551. The molecule has 2 heteroatoms. The fraction of sp³-hybridized carbons (Fsp3) is 1.00. The van der Waals surface area contributed by atoms with E-state index >= 15 is 0 Å². The molecule has 1 heterocycles. The molecule has 12 heavy (non-hydrogen) atoms. The topological polar surface area (TPSA) is 29.5 Å². The molecule has 0 radical (unpaired) electrons. The molecule has 0 aromatic heterocycles. The van der Waals surface area contributed by atoms with Crippen LogP contribution >= 0.6 is 0 Å². The Morgan fingerprint density at radius 1 is 1.42 bits per heavy atom. The Hall–Kier alpha value is -0.0800. The highest BCUT2D eigenvalue weighted by molar-refractivity contribution is 4.96. The second-order valence-corrected chi connectivity index (χ2v) is 4.73. The van der Waals surface area contributed by atoms with E-state index in [2.05, 4.69) is 6.92 Å². The Balaban J connectivity index is 2.08. The van der Waals surface area contributed by atoms with Gasteiger partial charge in [-0.25, -0.2) is 0 Å². The third-order valence-corrected chi connectivity index (χ3v) is 3.44. The summed E-state index contributed by atoms with van der Waals surface area (Å²) in [7, 11) is 0. The van der Waals surface area contributed by atoms with Gasteiger partial charge in [0.25, 0.3) is 0 Å². The lowest BCUT2D eigenvalue weighted by Gasteiger charge is -2.33. The normalized spacial score (nSPS) is 53.8. The summed E-state index contributed by atoms with van der Waals surface area (Å²) in [4.78, 5) is 0. The zero-order valence-corrected chi connectivity index (χ0v) is 7.92. The van der Waals surface area contributed by atoms with Crippen molar-refractivity contribution in [3.63, 3.8) is 0 Å². The van der Waals surface area contributed by atoms with Crippen molar-refractivity contribution in [1.82, 2.24) is 0 Å². The molecule has 1 aliphatic carbocycles. The lowest BCUT2D eigenvalue weighted by molar-refractivity contribution is 0.0127. The maximum Gasteiger partial charge on any atom is 0.0904 e. The van der Waals surface area contributed by atoms with Crippen LogP contribution in [0.15, 0.2) is 0 Å². The number of hydrogen-bond acceptors (Lipinski definition) is 2. The summed E-state index contributed by atoms with van der Waals surface area (Å²) in [6.07, 6.45) is 3.86. The summed E-state index contributed by atoms with van der Waals surface area (Å²) in [5, 5.41) is 9.95. The molecule has 0 amide bonds. The molecule has 1 saturated carbocycles. The summed E-state index contributed by atoms with van der Waals surface area (Å²) in [5.74, 6) is 1.17. The van der Waals surface area contributed by atoms with Gasteiger partial charge in [-0.05, 0) is 25.7 Å². The molecule has 0 aromatic rings. The van der Waals surface area contributed by atoms with E-state index in [1.807, 2.05) is 6.92 Å². The fourth-order valence-corrected chi connectivity index (χ4v) is 2.61. The molecule has 1 N–H and O–H groups in total. The van der Waals surface area contributed by atoms with Gasteiger partial charge < -0.3 is 9.84 Å². The Kier molecular flexibility index (Phi) is 1.92. The Bertz CT molecular complexity index is 177. The summed E-state index contributed by atoms with van der Waals surface area (Å²) >= 11 is 0. The monoisotopic (exact) mass is 170 g/mol. The first-order chi connectivity index (χ1) is 5.59. The molecule has 2 aliphatic rings. The van der Waals surface area contributed by atoms with Crippen molar-refractivity contribution < 1.29 is 9.84 Å². The van der Waals surface area contributed by atoms with Crippen LogP contribution in [-0.4, -0.2) is 23.4 Å². The molecule has 1 saturated heterocycles. The van der Waals surface area contributed by atoms with Gasteiger partial charge in [0.2, 0.25) is 0 Å². The summed E-state index contributed by atoms with van der Waals surface area (Å²) < 4.78 is 5.59. The first kappa shape index (κ1) is 8.52. The van der Waals surface area contributed by atoms with Crippen LogP contribution in [0.2, 0.25) is 0 Å². The predicted molar refractivity (Wildman–Crippen MR) is 46.9 cm³/mol. The van der Waals surface area contributed by atoms with Gasteiger partial charge in [-0.2, -0.15) is 0 Å². The van der Waals surface area contributed by atoms with Gasteiger partial charge in [0.1, 0.15) is 0 Å². The zero-order chi connectivity index (χ0) is 8.77. The van der Waals surface area contributed by atoms with Crippen molar-refractivity contribution in [2.24, 2.45) is 11.8 Å². The third-order valence-electron chi connectivity index (χ3n) is 3.44. The molecule has 1 aliphatic heterocycles. The molecule has 2 rings (SSSR count). The van der Waals surface area contributed by atoms with Crippen molar-refractivity contribution >= 4 is 0 Å². The number of aliphatic hydroxyl groups is 1. The first-order valence-electron chi connectivity index (χ1n) is 4.93. The molecule has 2 nitrogen and oxygen atoms in total. The van der Waals surface area contributed by atoms with Crippen LogP contribution < -0.4 is 0 Å². The van der Waals surface area contributed by atoms with E-state index in [-0.39, 0.29) is 0 Å². The Morgan fingerprint density at radius 2 is 2.17 bits per heavy atom. The molecular formula is C10H18O2. The van der Waals surface area contributed by atoms with E-state index in [4.69, 9.17) is 4.74 Å². The molecule has 70 valence electrons. The van der Waals surface area contributed by atoms with E-state index in [1.54, 1.807) is 0 Å². The van der Waals surface area contributed by atoms with Gasteiger partial charge in [0.05, 0.1) is 18.3 Å². The van der Waals surface area contributed by atoms with Crippen LogP contribution in [0, 0.1) is 11.8 Å². The average molecular weight is 170 g/mol. The van der Waals surface area contributed by atoms with Crippen molar-refractivity contribution in [3.05, 3.63) is 0 Å². The predicted octanol–water partition coefficient (Wildman–Crippen LogP) is 1.57. The van der Waals surface area contributed by atoms with Gasteiger partial charge >= 0.3 is 0 Å². The highest BCUT2D eigenvalue weighted by Crippen LogP contribution is 2.42. The summed E-state index contributed by atoms with van der Waals surface area (Å²) in [5.41, 5.74) is -0.551. The van der Waals surface area contributed by atoms with Gasteiger partial charge in [0.15, 0.2) is 0 Å². The van der Waals surface area contributed by atoms with Crippen molar-refractivity contribution in [3.8, 4) is 0 Å². The van der Waals surface area contributed by atoms with Crippen LogP contribution in [0.3, 0.4) is 0 Å². The summed E-state index contributed by atoms with van der Waals surface area (Å²) in [6.45, 7) is 4.72. The van der Waals surface area contributed by atoms with Crippen molar-refractivity contribution in [1.29, 1.82) is 0 Å². The zero-order valence-electron chi connectivity index (χ0n) is 7.92. The van der Waals surface area contributed by atoms with Gasteiger partial charge in [-0.15, -0.1) is 0 Å². The second-order valence-electron chi connectivity index (χ2n) is 4.73. The molecular weight excluding hydrogens is 152 g/mol. The number of ether oxygens (including phenoxy) is 1. The van der Waals surface area contributed by atoms with E-state index < -0.39 is 5.60 Å². The number of rotatable bonds is 0.